The van der Waals surface area contributed by atoms with Crippen molar-refractivity contribution in [1.82, 2.24) is 0 Å². The number of carbonyl (C=O) groups is 1. The van der Waals surface area contributed by atoms with Crippen molar-refractivity contribution >= 4 is 17.3 Å². The van der Waals surface area contributed by atoms with Crippen molar-refractivity contribution in [3.63, 3.8) is 0 Å². The Labute approximate surface area is 115 Å². The lowest BCUT2D eigenvalue weighted by atomic mass is 10.1. The first-order valence-electron chi connectivity index (χ1n) is 6.16. The Balaban J connectivity index is 2.23. The monoisotopic (exact) mass is 276 g/mol. The molecule has 0 spiro atoms. The van der Waals surface area contributed by atoms with E-state index < -0.39 is 17.5 Å². The molecule has 0 saturated heterocycles. The molecule has 3 N–H and O–H groups in total. The lowest BCUT2D eigenvalue weighted by molar-refractivity contribution is 0.102. The molecule has 0 atom stereocenters. The summed E-state index contributed by atoms with van der Waals surface area (Å²) in [5, 5.41) is 2.35. The number of benzene rings is 2. The van der Waals surface area contributed by atoms with E-state index in [2.05, 4.69) is 5.32 Å². The Hall–Kier alpha value is -2.43. The summed E-state index contributed by atoms with van der Waals surface area (Å²) in [6.45, 7) is 2.00. The van der Waals surface area contributed by atoms with Gasteiger partial charge in [0.2, 0.25) is 0 Å². The van der Waals surface area contributed by atoms with Crippen molar-refractivity contribution in [2.75, 3.05) is 11.1 Å². The number of nitrogens with one attached hydrogen (secondary N) is 1. The second-order valence-electron chi connectivity index (χ2n) is 4.36. The van der Waals surface area contributed by atoms with Gasteiger partial charge >= 0.3 is 0 Å². The van der Waals surface area contributed by atoms with Crippen LogP contribution in [0.5, 0.6) is 0 Å². The molecule has 2 aromatic rings. The molecule has 0 bridgehead atoms. The van der Waals surface area contributed by atoms with Gasteiger partial charge in [-0.25, -0.2) is 8.78 Å². The highest BCUT2D eigenvalue weighted by Crippen LogP contribution is 2.24. The summed E-state index contributed by atoms with van der Waals surface area (Å²) in [5.74, 6) is -2.18. The van der Waals surface area contributed by atoms with Crippen molar-refractivity contribution < 1.29 is 13.6 Å². The number of hydrogen-bond acceptors (Lipinski definition) is 2. The van der Waals surface area contributed by atoms with E-state index in [-0.39, 0.29) is 11.4 Å². The number of carbonyl (C=O) groups excluding carboxylic acids is 1. The molecule has 104 valence electrons. The van der Waals surface area contributed by atoms with E-state index in [1.54, 1.807) is 12.1 Å². The fourth-order valence-electron chi connectivity index (χ4n) is 1.80. The Kier molecular flexibility index (Phi) is 3.98. The van der Waals surface area contributed by atoms with Crippen molar-refractivity contribution in [2.45, 2.75) is 13.3 Å². The second kappa shape index (κ2) is 5.69. The van der Waals surface area contributed by atoms with Crippen LogP contribution in [0.2, 0.25) is 0 Å². The minimum Gasteiger partial charge on any atom is -0.397 e. The molecule has 0 aliphatic carbocycles. The average molecular weight is 276 g/mol. The number of anilines is 2. The fraction of sp³-hybridized carbons (Fsp3) is 0.133. The molecule has 0 fully saturated rings. The van der Waals surface area contributed by atoms with Gasteiger partial charge in [-0.15, -0.1) is 0 Å². The first kappa shape index (κ1) is 14.0. The van der Waals surface area contributed by atoms with Gasteiger partial charge in [0.05, 0.1) is 5.69 Å². The summed E-state index contributed by atoms with van der Waals surface area (Å²) < 4.78 is 26.5. The molecular formula is C15H14F2N2O. The number of nitrogens with two attached hydrogens (primary N) is 1. The van der Waals surface area contributed by atoms with Gasteiger partial charge in [0.25, 0.3) is 5.91 Å². The summed E-state index contributed by atoms with van der Waals surface area (Å²) in [6.07, 6.45) is 0.863. The third-order valence-electron chi connectivity index (χ3n) is 2.95. The molecule has 3 nitrogen and oxygen atoms in total. The Morgan fingerprint density at radius 2 is 1.85 bits per heavy atom. The normalized spacial score (nSPS) is 10.3. The fourth-order valence-corrected chi connectivity index (χ4v) is 1.80. The molecule has 5 heteroatoms. The maximum Gasteiger partial charge on any atom is 0.255 e. The van der Waals surface area contributed by atoms with Crippen LogP contribution in [0.1, 0.15) is 22.8 Å². The van der Waals surface area contributed by atoms with Crippen LogP contribution in [-0.2, 0) is 6.42 Å². The summed E-state index contributed by atoms with van der Waals surface area (Å²) in [7, 11) is 0. The SMILES string of the molecule is CCc1ccc(C(=O)Nc2c(N)cc(F)cc2F)cc1. The summed E-state index contributed by atoms with van der Waals surface area (Å²) >= 11 is 0. The van der Waals surface area contributed by atoms with Crippen LogP contribution in [0.3, 0.4) is 0 Å². The predicted molar refractivity (Wildman–Crippen MR) is 74.5 cm³/mol. The van der Waals surface area contributed by atoms with E-state index in [0.29, 0.717) is 11.6 Å². The van der Waals surface area contributed by atoms with Crippen LogP contribution < -0.4 is 11.1 Å². The molecule has 1 amide bonds. The molecule has 0 aliphatic rings. The van der Waals surface area contributed by atoms with E-state index >= 15 is 0 Å². The molecule has 0 aliphatic heterocycles. The van der Waals surface area contributed by atoms with Crippen molar-refractivity contribution in [2.24, 2.45) is 0 Å². The highest BCUT2D eigenvalue weighted by Gasteiger charge is 2.13. The lowest BCUT2D eigenvalue weighted by Gasteiger charge is -2.10. The minimum absolute atomic E-state index is 0.152. The number of hydrogen-bond donors (Lipinski definition) is 2. The number of halogens is 2. The van der Waals surface area contributed by atoms with Crippen LogP contribution in [-0.4, -0.2) is 5.91 Å². The van der Waals surface area contributed by atoms with Crippen molar-refractivity contribution in [1.29, 1.82) is 0 Å². The van der Waals surface area contributed by atoms with E-state index in [0.717, 1.165) is 18.1 Å². The number of nitrogen functional groups attached to an aromatic ring is 1. The highest BCUT2D eigenvalue weighted by molar-refractivity contribution is 6.05. The third kappa shape index (κ3) is 2.93. The van der Waals surface area contributed by atoms with Crippen LogP contribution in [0.25, 0.3) is 0 Å². The second-order valence-corrected chi connectivity index (χ2v) is 4.36. The van der Waals surface area contributed by atoms with Crippen LogP contribution in [0.4, 0.5) is 20.2 Å². The van der Waals surface area contributed by atoms with Gasteiger partial charge in [0.1, 0.15) is 11.5 Å². The van der Waals surface area contributed by atoms with E-state index in [4.69, 9.17) is 5.73 Å². The van der Waals surface area contributed by atoms with Gasteiger partial charge in [-0.05, 0) is 30.2 Å². The smallest absolute Gasteiger partial charge is 0.255 e. The maximum absolute atomic E-state index is 13.6. The largest absolute Gasteiger partial charge is 0.397 e. The van der Waals surface area contributed by atoms with E-state index in [9.17, 15) is 13.6 Å². The topological polar surface area (TPSA) is 55.1 Å². The molecular weight excluding hydrogens is 262 g/mol. The minimum atomic E-state index is -0.902. The van der Waals surface area contributed by atoms with Gasteiger partial charge in [-0.2, -0.15) is 0 Å². The molecule has 2 rings (SSSR count). The predicted octanol–water partition coefficient (Wildman–Crippen LogP) is 3.36. The molecule has 2 aromatic carbocycles. The first-order chi connectivity index (χ1) is 9.51. The highest BCUT2D eigenvalue weighted by atomic mass is 19.1. The molecule has 0 heterocycles. The van der Waals surface area contributed by atoms with Crippen molar-refractivity contribution in [3.05, 3.63) is 59.2 Å². The van der Waals surface area contributed by atoms with Gasteiger partial charge in [-0.1, -0.05) is 19.1 Å². The van der Waals surface area contributed by atoms with E-state index in [1.165, 1.54) is 0 Å². The van der Waals surface area contributed by atoms with Gasteiger partial charge in [0.15, 0.2) is 5.82 Å². The van der Waals surface area contributed by atoms with E-state index in [1.807, 2.05) is 19.1 Å². The molecule has 20 heavy (non-hydrogen) atoms. The molecule has 0 unspecified atom stereocenters. The van der Waals surface area contributed by atoms with Crippen LogP contribution >= 0.6 is 0 Å². The molecule has 0 saturated carbocycles. The lowest BCUT2D eigenvalue weighted by Crippen LogP contribution is -2.14. The van der Waals surface area contributed by atoms with Crippen molar-refractivity contribution in [3.8, 4) is 0 Å². The van der Waals surface area contributed by atoms with Gasteiger partial charge in [-0.3, -0.25) is 4.79 Å². The zero-order valence-corrected chi connectivity index (χ0v) is 10.9. The molecule has 0 radical (unpaired) electrons. The number of aryl methyl sites for hydroxylation is 1. The first-order valence-corrected chi connectivity index (χ1v) is 6.16. The Morgan fingerprint density at radius 1 is 1.20 bits per heavy atom. The summed E-state index contributed by atoms with van der Waals surface area (Å²) in [6, 6.07) is 8.56. The average Bonchev–Trinajstić information content (AvgIpc) is 2.42. The summed E-state index contributed by atoms with van der Waals surface area (Å²) in [5.41, 5.74) is 6.61. The maximum atomic E-state index is 13.6. The Morgan fingerprint density at radius 3 is 2.40 bits per heavy atom. The van der Waals surface area contributed by atoms with Crippen LogP contribution in [0, 0.1) is 11.6 Å². The van der Waals surface area contributed by atoms with Gasteiger partial charge in [0, 0.05) is 11.6 Å². The van der Waals surface area contributed by atoms with Gasteiger partial charge < -0.3 is 11.1 Å². The zero-order valence-electron chi connectivity index (χ0n) is 10.9. The van der Waals surface area contributed by atoms with Crippen LogP contribution in [0.15, 0.2) is 36.4 Å². The number of rotatable bonds is 3. The zero-order chi connectivity index (χ0) is 14.7. The Bertz CT molecular complexity index is 616. The molecule has 0 aromatic heterocycles. The number of amides is 1. The summed E-state index contributed by atoms with van der Waals surface area (Å²) in [4.78, 5) is 12.0. The third-order valence-corrected chi connectivity index (χ3v) is 2.95. The standard InChI is InChI=1S/C15H14F2N2O/c1-2-9-3-5-10(6-4-9)15(20)19-14-12(17)7-11(16)8-13(14)18/h3-8H,2,18H2,1H3,(H,19,20). The quantitative estimate of drug-likeness (QED) is 0.844.